The summed E-state index contributed by atoms with van der Waals surface area (Å²) >= 11 is 0. The smallest absolute Gasteiger partial charge is 0.272 e. The Hall–Kier alpha value is -2.85. The number of nitro groups is 1. The Kier molecular flexibility index (Phi) is 4.44. The van der Waals surface area contributed by atoms with E-state index in [0.29, 0.717) is 0 Å². The second-order valence-electron chi connectivity index (χ2n) is 4.03. The molecular weight excluding hydrogens is 312 g/mol. The third-order valence-electron chi connectivity index (χ3n) is 2.55. The maximum Gasteiger partial charge on any atom is 0.284 e. The lowest BCUT2D eigenvalue weighted by Gasteiger charge is -2.07. The zero-order valence-electron chi connectivity index (χ0n) is 11.0. The summed E-state index contributed by atoms with van der Waals surface area (Å²) < 4.78 is 23.9. The molecule has 0 atom stereocenters. The molecule has 0 aliphatic rings. The Morgan fingerprint density at radius 2 is 1.82 bits per heavy atom. The average molecular weight is 322 g/mol. The number of pyridine rings is 1. The molecule has 10 heteroatoms. The minimum atomic E-state index is -4.04. The van der Waals surface area contributed by atoms with Gasteiger partial charge in [0.25, 0.3) is 21.6 Å². The van der Waals surface area contributed by atoms with E-state index in [1.54, 1.807) is 12.1 Å². The number of nitrogens with one attached hydrogen (secondary N) is 2. The average Bonchev–Trinajstić information content (AvgIpc) is 2.53. The van der Waals surface area contributed by atoms with Gasteiger partial charge in [-0.3, -0.25) is 25.3 Å². The summed E-state index contributed by atoms with van der Waals surface area (Å²) in [5.41, 5.74) is 1.80. The van der Waals surface area contributed by atoms with Crippen LogP contribution in [-0.4, -0.2) is 24.2 Å². The van der Waals surface area contributed by atoms with E-state index in [-0.39, 0.29) is 16.3 Å². The fourth-order valence-corrected chi connectivity index (χ4v) is 2.32. The van der Waals surface area contributed by atoms with Gasteiger partial charge in [-0.2, -0.15) is 0 Å². The van der Waals surface area contributed by atoms with E-state index in [0.717, 1.165) is 24.3 Å². The highest BCUT2D eigenvalue weighted by molar-refractivity contribution is 7.89. The summed E-state index contributed by atoms with van der Waals surface area (Å²) in [4.78, 5) is 27.0. The molecule has 0 spiro atoms. The van der Waals surface area contributed by atoms with Crippen molar-refractivity contribution in [2.75, 3.05) is 0 Å². The lowest BCUT2D eigenvalue weighted by molar-refractivity contribution is -0.384. The number of carbonyl (C=O) groups is 1. The molecule has 114 valence electrons. The first-order chi connectivity index (χ1) is 10.4. The first kappa shape index (κ1) is 15.5. The standard InChI is InChI=1S/C12H10N4O5S/c17-12(11-3-1-2-8-13-11)14-15-22(20,21)10-6-4-9(5-7-10)16(18)19/h1-8,15H,(H,14,17). The number of hydrazine groups is 1. The monoisotopic (exact) mass is 322 g/mol. The van der Waals surface area contributed by atoms with Gasteiger partial charge in [-0.15, -0.1) is 4.83 Å². The van der Waals surface area contributed by atoms with Crippen LogP contribution < -0.4 is 10.3 Å². The third kappa shape index (κ3) is 3.62. The minimum absolute atomic E-state index is 0.0360. The van der Waals surface area contributed by atoms with Crippen molar-refractivity contribution >= 4 is 21.6 Å². The fourth-order valence-electron chi connectivity index (χ4n) is 1.48. The molecule has 0 saturated carbocycles. The van der Waals surface area contributed by atoms with Crippen LogP contribution in [0.4, 0.5) is 5.69 Å². The molecule has 1 amide bonds. The van der Waals surface area contributed by atoms with Crippen LogP contribution in [0.25, 0.3) is 0 Å². The highest BCUT2D eigenvalue weighted by Gasteiger charge is 2.17. The largest absolute Gasteiger partial charge is 0.284 e. The fraction of sp³-hybridized carbons (Fsp3) is 0. The van der Waals surface area contributed by atoms with Crippen LogP contribution in [0.15, 0.2) is 53.6 Å². The highest BCUT2D eigenvalue weighted by Crippen LogP contribution is 2.15. The van der Waals surface area contributed by atoms with Crippen LogP contribution in [0, 0.1) is 10.1 Å². The highest BCUT2D eigenvalue weighted by atomic mass is 32.2. The molecule has 0 aliphatic carbocycles. The van der Waals surface area contributed by atoms with Gasteiger partial charge >= 0.3 is 0 Å². The molecule has 2 rings (SSSR count). The predicted octanol–water partition coefficient (Wildman–Crippen LogP) is 0.613. The topological polar surface area (TPSA) is 131 Å². The number of aromatic nitrogens is 1. The lowest BCUT2D eigenvalue weighted by Crippen LogP contribution is -2.41. The summed E-state index contributed by atoms with van der Waals surface area (Å²) in [6.07, 6.45) is 1.39. The normalized spacial score (nSPS) is 10.9. The number of benzene rings is 1. The predicted molar refractivity (Wildman–Crippen MR) is 75.1 cm³/mol. The van der Waals surface area contributed by atoms with Crippen LogP contribution >= 0.6 is 0 Å². The van der Waals surface area contributed by atoms with Gasteiger partial charge in [-0.05, 0) is 24.3 Å². The molecule has 0 radical (unpaired) electrons. The number of non-ortho nitro benzene ring substituents is 1. The Labute approximate surface area is 125 Å². The van der Waals surface area contributed by atoms with E-state index < -0.39 is 20.9 Å². The molecule has 0 aliphatic heterocycles. The van der Waals surface area contributed by atoms with Gasteiger partial charge in [0.15, 0.2) is 0 Å². The Balaban J connectivity index is 2.08. The maximum atomic E-state index is 11.9. The summed E-state index contributed by atoms with van der Waals surface area (Å²) in [6, 6.07) is 8.82. The number of carbonyl (C=O) groups excluding carboxylic acids is 1. The molecule has 1 aromatic heterocycles. The molecule has 2 N–H and O–H groups in total. The zero-order valence-corrected chi connectivity index (χ0v) is 11.8. The van der Waals surface area contributed by atoms with Crippen molar-refractivity contribution in [1.29, 1.82) is 0 Å². The molecule has 22 heavy (non-hydrogen) atoms. The van der Waals surface area contributed by atoms with E-state index in [1.165, 1.54) is 12.3 Å². The van der Waals surface area contributed by atoms with E-state index in [1.807, 2.05) is 10.3 Å². The first-order valence-corrected chi connectivity index (χ1v) is 7.36. The van der Waals surface area contributed by atoms with Crippen molar-refractivity contribution in [3.05, 3.63) is 64.5 Å². The SMILES string of the molecule is O=C(NNS(=O)(=O)c1ccc([N+](=O)[O-])cc1)c1ccccn1. The van der Waals surface area contributed by atoms with Gasteiger partial charge in [0, 0.05) is 18.3 Å². The van der Waals surface area contributed by atoms with Crippen LogP contribution in [0.5, 0.6) is 0 Å². The van der Waals surface area contributed by atoms with Crippen molar-refractivity contribution in [2.45, 2.75) is 4.90 Å². The lowest BCUT2D eigenvalue weighted by atomic mass is 10.3. The summed E-state index contributed by atoms with van der Waals surface area (Å²) in [5, 5.41) is 10.5. The summed E-state index contributed by atoms with van der Waals surface area (Å²) in [7, 11) is -4.04. The summed E-state index contributed by atoms with van der Waals surface area (Å²) in [6.45, 7) is 0. The van der Waals surface area contributed by atoms with E-state index in [9.17, 15) is 23.3 Å². The number of sulfonamides is 1. The second kappa shape index (κ2) is 6.28. The van der Waals surface area contributed by atoms with Crippen molar-refractivity contribution in [1.82, 2.24) is 15.2 Å². The molecule has 2 aromatic rings. The van der Waals surface area contributed by atoms with Crippen molar-refractivity contribution in [2.24, 2.45) is 0 Å². The molecular formula is C12H10N4O5S. The molecule has 0 fully saturated rings. The molecule has 0 saturated heterocycles. The number of nitrogens with zero attached hydrogens (tertiary/aromatic N) is 2. The first-order valence-electron chi connectivity index (χ1n) is 5.88. The quantitative estimate of drug-likeness (QED) is 0.612. The van der Waals surface area contributed by atoms with Gasteiger partial charge < -0.3 is 0 Å². The zero-order chi connectivity index (χ0) is 16.2. The molecule has 1 aromatic carbocycles. The third-order valence-corrected chi connectivity index (χ3v) is 3.82. The number of nitro benzene ring substituents is 1. The van der Waals surface area contributed by atoms with Crippen LogP contribution in [0.3, 0.4) is 0 Å². The van der Waals surface area contributed by atoms with E-state index in [2.05, 4.69) is 4.98 Å². The van der Waals surface area contributed by atoms with Crippen molar-refractivity contribution < 1.29 is 18.1 Å². The molecule has 0 unspecified atom stereocenters. The van der Waals surface area contributed by atoms with Gasteiger partial charge in [-0.1, -0.05) is 6.07 Å². The van der Waals surface area contributed by atoms with Gasteiger partial charge in [-0.25, -0.2) is 8.42 Å². The minimum Gasteiger partial charge on any atom is -0.272 e. The molecule has 0 bridgehead atoms. The number of hydrogen-bond donors (Lipinski definition) is 2. The molecule has 9 nitrogen and oxygen atoms in total. The number of hydrogen-bond acceptors (Lipinski definition) is 6. The summed E-state index contributed by atoms with van der Waals surface area (Å²) in [5.74, 6) is -0.730. The van der Waals surface area contributed by atoms with Crippen LogP contribution in [0.1, 0.15) is 10.5 Å². The molecule has 1 heterocycles. The number of amides is 1. The van der Waals surface area contributed by atoms with E-state index >= 15 is 0 Å². The van der Waals surface area contributed by atoms with Crippen molar-refractivity contribution in [3.63, 3.8) is 0 Å². The van der Waals surface area contributed by atoms with Crippen molar-refractivity contribution in [3.8, 4) is 0 Å². The Morgan fingerprint density at radius 1 is 1.14 bits per heavy atom. The number of rotatable bonds is 5. The van der Waals surface area contributed by atoms with Crippen LogP contribution in [-0.2, 0) is 10.0 Å². The van der Waals surface area contributed by atoms with Crippen LogP contribution in [0.2, 0.25) is 0 Å². The Bertz CT molecular complexity index is 790. The second-order valence-corrected chi connectivity index (χ2v) is 5.71. The Morgan fingerprint density at radius 3 is 2.36 bits per heavy atom. The van der Waals surface area contributed by atoms with Gasteiger partial charge in [0.2, 0.25) is 0 Å². The van der Waals surface area contributed by atoms with Gasteiger partial charge in [0.1, 0.15) is 5.69 Å². The van der Waals surface area contributed by atoms with Gasteiger partial charge in [0.05, 0.1) is 9.82 Å². The van der Waals surface area contributed by atoms with E-state index in [4.69, 9.17) is 0 Å². The maximum absolute atomic E-state index is 11.9.